The Morgan fingerprint density at radius 2 is 2.06 bits per heavy atom. The first kappa shape index (κ1) is 12.5. The lowest BCUT2D eigenvalue weighted by Crippen LogP contribution is -2.09. The maximum absolute atomic E-state index is 10.2. The summed E-state index contributed by atoms with van der Waals surface area (Å²) in [6.07, 6.45) is 2.51. The zero-order valence-electron chi connectivity index (χ0n) is 9.99. The van der Waals surface area contributed by atoms with Gasteiger partial charge in [-0.1, -0.05) is 43.3 Å². The van der Waals surface area contributed by atoms with Gasteiger partial charge in [0.15, 0.2) is 0 Å². The van der Waals surface area contributed by atoms with Crippen LogP contribution in [0.5, 0.6) is 0 Å². The number of carbonyl (C=O) groups excluding carboxylic acids is 1. The molecule has 16 heavy (non-hydrogen) atoms. The molecule has 0 aliphatic rings. The number of nitrogens with one attached hydrogen (secondary N) is 1. The van der Waals surface area contributed by atoms with Crippen molar-refractivity contribution in [3.63, 3.8) is 0 Å². The van der Waals surface area contributed by atoms with E-state index >= 15 is 0 Å². The molecule has 0 fully saturated rings. The summed E-state index contributed by atoms with van der Waals surface area (Å²) in [4.78, 5) is 10.2. The normalized spacial score (nSPS) is 11.9. The van der Waals surface area contributed by atoms with Crippen LogP contribution in [0.1, 0.15) is 36.8 Å². The molecule has 0 saturated heterocycles. The summed E-state index contributed by atoms with van der Waals surface area (Å²) >= 11 is 0. The minimum atomic E-state index is 0.491. The molecule has 0 saturated carbocycles. The number of hydrogen-bond donors (Lipinski definition) is 1. The second kappa shape index (κ2) is 6.11. The standard InChI is InChI=1S/C14H19NO/c1-11-4-8-14(9-5-11)12(2)6-7-13(3)15-10-16/h4-5,8-10,12H,3,6-7H2,1-2H3,(H,15,16). The molecule has 1 rings (SSSR count). The lowest BCUT2D eigenvalue weighted by Gasteiger charge is -2.12. The summed E-state index contributed by atoms with van der Waals surface area (Å²) in [5.41, 5.74) is 3.40. The monoisotopic (exact) mass is 217 g/mol. The van der Waals surface area contributed by atoms with Crippen LogP contribution in [0.4, 0.5) is 0 Å². The molecular formula is C14H19NO. The predicted molar refractivity (Wildman–Crippen MR) is 67.2 cm³/mol. The summed E-state index contributed by atoms with van der Waals surface area (Å²) < 4.78 is 0. The molecule has 0 aliphatic heterocycles. The molecule has 0 aromatic heterocycles. The Labute approximate surface area is 97.4 Å². The van der Waals surface area contributed by atoms with Gasteiger partial charge in [-0.2, -0.15) is 0 Å². The van der Waals surface area contributed by atoms with Crippen LogP contribution >= 0.6 is 0 Å². The summed E-state index contributed by atoms with van der Waals surface area (Å²) in [5, 5.41) is 2.59. The molecule has 1 amide bonds. The van der Waals surface area contributed by atoms with Crippen molar-refractivity contribution in [3.8, 4) is 0 Å². The first-order valence-electron chi connectivity index (χ1n) is 5.58. The highest BCUT2D eigenvalue weighted by Gasteiger charge is 2.05. The second-order valence-electron chi connectivity index (χ2n) is 4.22. The quantitative estimate of drug-likeness (QED) is 0.729. The van der Waals surface area contributed by atoms with Gasteiger partial charge in [-0.3, -0.25) is 4.79 Å². The van der Waals surface area contributed by atoms with Crippen molar-refractivity contribution in [2.45, 2.75) is 32.6 Å². The highest BCUT2D eigenvalue weighted by molar-refractivity contribution is 5.49. The Bertz CT molecular complexity index is 354. The second-order valence-corrected chi connectivity index (χ2v) is 4.22. The van der Waals surface area contributed by atoms with Crippen molar-refractivity contribution in [1.82, 2.24) is 5.32 Å². The summed E-state index contributed by atoms with van der Waals surface area (Å²) in [7, 11) is 0. The van der Waals surface area contributed by atoms with Crippen LogP contribution in [0.25, 0.3) is 0 Å². The number of benzene rings is 1. The molecule has 1 atom stereocenters. The molecule has 86 valence electrons. The third-order valence-electron chi connectivity index (χ3n) is 2.79. The topological polar surface area (TPSA) is 29.1 Å². The molecule has 2 nitrogen and oxygen atoms in total. The van der Waals surface area contributed by atoms with Gasteiger partial charge in [-0.05, 0) is 31.2 Å². The fraction of sp³-hybridized carbons (Fsp3) is 0.357. The summed E-state index contributed by atoms with van der Waals surface area (Å²) in [6.45, 7) is 8.06. The van der Waals surface area contributed by atoms with E-state index in [2.05, 4.69) is 50.0 Å². The molecule has 0 bridgehead atoms. The fourth-order valence-corrected chi connectivity index (χ4v) is 1.61. The Hall–Kier alpha value is -1.57. The largest absolute Gasteiger partial charge is 0.333 e. The highest BCUT2D eigenvalue weighted by Crippen LogP contribution is 2.21. The molecule has 2 heteroatoms. The lowest BCUT2D eigenvalue weighted by molar-refractivity contribution is -0.108. The van der Waals surface area contributed by atoms with Gasteiger partial charge in [0.2, 0.25) is 6.41 Å². The third-order valence-corrected chi connectivity index (χ3v) is 2.79. The number of rotatable bonds is 6. The van der Waals surface area contributed by atoms with Crippen molar-refractivity contribution < 1.29 is 4.79 Å². The van der Waals surface area contributed by atoms with E-state index in [4.69, 9.17) is 0 Å². The van der Waals surface area contributed by atoms with Crippen LogP contribution in [0.2, 0.25) is 0 Å². The van der Waals surface area contributed by atoms with E-state index in [1.54, 1.807) is 0 Å². The van der Waals surface area contributed by atoms with Gasteiger partial charge in [0, 0.05) is 5.70 Å². The van der Waals surface area contributed by atoms with Crippen molar-refractivity contribution in [3.05, 3.63) is 47.7 Å². The van der Waals surface area contributed by atoms with E-state index in [0.29, 0.717) is 12.3 Å². The van der Waals surface area contributed by atoms with Gasteiger partial charge in [0.1, 0.15) is 0 Å². The minimum absolute atomic E-state index is 0.491. The number of hydrogen-bond acceptors (Lipinski definition) is 1. The molecule has 1 aromatic carbocycles. The fourth-order valence-electron chi connectivity index (χ4n) is 1.61. The maximum atomic E-state index is 10.2. The van der Waals surface area contributed by atoms with E-state index < -0.39 is 0 Å². The first-order chi connectivity index (χ1) is 7.63. The predicted octanol–water partition coefficient (Wildman–Crippen LogP) is 3.14. The average molecular weight is 217 g/mol. The van der Waals surface area contributed by atoms with Crippen LogP contribution in [0.3, 0.4) is 0 Å². The van der Waals surface area contributed by atoms with Crippen molar-refractivity contribution >= 4 is 6.41 Å². The van der Waals surface area contributed by atoms with E-state index in [-0.39, 0.29) is 0 Å². The average Bonchev–Trinajstić information content (AvgIpc) is 2.27. The number of aryl methyl sites for hydroxylation is 1. The van der Waals surface area contributed by atoms with Crippen molar-refractivity contribution in [2.75, 3.05) is 0 Å². The number of allylic oxidation sites excluding steroid dienone is 1. The molecule has 1 unspecified atom stereocenters. The lowest BCUT2D eigenvalue weighted by atomic mass is 9.95. The van der Waals surface area contributed by atoms with Crippen LogP contribution in [0, 0.1) is 6.92 Å². The SMILES string of the molecule is C=C(CCC(C)c1ccc(C)cc1)NC=O. The summed E-state index contributed by atoms with van der Waals surface area (Å²) in [6, 6.07) is 8.58. The minimum Gasteiger partial charge on any atom is -0.333 e. The van der Waals surface area contributed by atoms with Gasteiger partial charge in [0.05, 0.1) is 0 Å². The van der Waals surface area contributed by atoms with Gasteiger partial charge in [-0.15, -0.1) is 0 Å². The molecule has 1 N–H and O–H groups in total. The Balaban J connectivity index is 2.46. The third kappa shape index (κ3) is 3.89. The van der Waals surface area contributed by atoms with Crippen LogP contribution in [-0.4, -0.2) is 6.41 Å². The number of amides is 1. The maximum Gasteiger partial charge on any atom is 0.211 e. The first-order valence-corrected chi connectivity index (χ1v) is 5.58. The zero-order chi connectivity index (χ0) is 12.0. The Kier molecular flexibility index (Phi) is 4.77. The molecule has 0 heterocycles. The summed E-state index contributed by atoms with van der Waals surface area (Å²) in [5.74, 6) is 0.491. The highest BCUT2D eigenvalue weighted by atomic mass is 16.1. The molecule has 0 radical (unpaired) electrons. The van der Waals surface area contributed by atoms with E-state index in [1.165, 1.54) is 11.1 Å². The van der Waals surface area contributed by atoms with Crippen molar-refractivity contribution in [1.29, 1.82) is 0 Å². The van der Waals surface area contributed by atoms with Gasteiger partial charge in [-0.25, -0.2) is 0 Å². The molecule has 1 aromatic rings. The zero-order valence-corrected chi connectivity index (χ0v) is 9.99. The van der Waals surface area contributed by atoms with Crippen molar-refractivity contribution in [2.24, 2.45) is 0 Å². The van der Waals surface area contributed by atoms with E-state index in [1.807, 2.05) is 0 Å². The van der Waals surface area contributed by atoms with Gasteiger partial charge in [0.25, 0.3) is 0 Å². The Morgan fingerprint density at radius 3 is 2.62 bits per heavy atom. The van der Waals surface area contributed by atoms with Crippen LogP contribution in [-0.2, 0) is 4.79 Å². The van der Waals surface area contributed by atoms with E-state index in [9.17, 15) is 4.79 Å². The van der Waals surface area contributed by atoms with Crippen LogP contribution in [0.15, 0.2) is 36.5 Å². The smallest absolute Gasteiger partial charge is 0.211 e. The van der Waals surface area contributed by atoms with Gasteiger partial charge < -0.3 is 5.32 Å². The number of carbonyl (C=O) groups is 1. The molecular weight excluding hydrogens is 198 g/mol. The molecule has 0 aliphatic carbocycles. The van der Waals surface area contributed by atoms with Gasteiger partial charge >= 0.3 is 0 Å². The van der Waals surface area contributed by atoms with E-state index in [0.717, 1.165) is 18.5 Å². The van der Waals surface area contributed by atoms with Crippen LogP contribution < -0.4 is 5.32 Å². The molecule has 0 spiro atoms. The Morgan fingerprint density at radius 1 is 1.44 bits per heavy atom.